The Bertz CT molecular complexity index is 612. The van der Waals surface area contributed by atoms with Gasteiger partial charge in [0, 0.05) is 6.08 Å². The Morgan fingerprint density at radius 2 is 2.08 bits per heavy atom. The Labute approximate surface area is 142 Å². The van der Waals surface area contributed by atoms with Crippen LogP contribution in [0, 0.1) is 17.2 Å². The van der Waals surface area contributed by atoms with Crippen molar-refractivity contribution in [2.45, 2.75) is 32.1 Å². The molecule has 5 heteroatoms. The van der Waals surface area contributed by atoms with E-state index in [0.29, 0.717) is 24.0 Å². The molecule has 0 heterocycles. The lowest BCUT2D eigenvalue weighted by Gasteiger charge is -2.20. The number of esters is 1. The number of carbonyl (C=O) groups is 1. The van der Waals surface area contributed by atoms with Crippen molar-refractivity contribution in [3.05, 3.63) is 29.8 Å². The number of methoxy groups -OCH3 is 1. The lowest BCUT2D eigenvalue weighted by Crippen LogP contribution is -2.15. The van der Waals surface area contributed by atoms with Gasteiger partial charge in [-0.3, -0.25) is 0 Å². The van der Waals surface area contributed by atoms with Crippen molar-refractivity contribution >= 4 is 12.0 Å². The van der Waals surface area contributed by atoms with Crippen LogP contribution in [0.2, 0.25) is 0 Å². The van der Waals surface area contributed by atoms with Crippen LogP contribution in [0.1, 0.15) is 37.7 Å². The Morgan fingerprint density at radius 1 is 1.29 bits per heavy atom. The number of hydrogen-bond donors (Lipinski definition) is 0. The largest absolute Gasteiger partial charge is 0.493 e. The lowest BCUT2D eigenvalue weighted by atomic mass is 9.90. The molecule has 0 saturated heterocycles. The molecule has 0 amide bonds. The van der Waals surface area contributed by atoms with Crippen LogP contribution in [0.3, 0.4) is 0 Å². The van der Waals surface area contributed by atoms with Crippen molar-refractivity contribution in [2.75, 3.05) is 20.3 Å². The molecule has 2 rings (SSSR count). The van der Waals surface area contributed by atoms with E-state index in [1.165, 1.54) is 32.4 Å². The zero-order valence-corrected chi connectivity index (χ0v) is 14.0. The van der Waals surface area contributed by atoms with Gasteiger partial charge in [0.15, 0.2) is 18.1 Å². The number of nitriles is 1. The van der Waals surface area contributed by atoms with E-state index in [1.807, 2.05) is 6.07 Å². The van der Waals surface area contributed by atoms with E-state index < -0.39 is 0 Å². The molecule has 5 nitrogen and oxygen atoms in total. The van der Waals surface area contributed by atoms with Gasteiger partial charge >= 0.3 is 5.97 Å². The maximum absolute atomic E-state index is 11.8. The van der Waals surface area contributed by atoms with Gasteiger partial charge < -0.3 is 14.2 Å². The van der Waals surface area contributed by atoms with Crippen LogP contribution in [0.25, 0.3) is 6.08 Å². The molecule has 1 fully saturated rings. The smallest absolute Gasteiger partial charge is 0.330 e. The second-order valence-corrected chi connectivity index (χ2v) is 5.82. The van der Waals surface area contributed by atoms with Gasteiger partial charge in [-0.1, -0.05) is 25.3 Å². The highest BCUT2D eigenvalue weighted by Crippen LogP contribution is 2.28. The van der Waals surface area contributed by atoms with Crippen molar-refractivity contribution in [3.63, 3.8) is 0 Å². The van der Waals surface area contributed by atoms with Gasteiger partial charge in [0.2, 0.25) is 0 Å². The van der Waals surface area contributed by atoms with Gasteiger partial charge in [0.05, 0.1) is 13.7 Å². The zero-order chi connectivity index (χ0) is 17.2. The Hall–Kier alpha value is -2.48. The van der Waals surface area contributed by atoms with E-state index in [1.54, 1.807) is 24.3 Å². The topological polar surface area (TPSA) is 68.6 Å². The highest BCUT2D eigenvalue weighted by Gasteiger charge is 2.14. The van der Waals surface area contributed by atoms with Crippen molar-refractivity contribution in [3.8, 4) is 17.6 Å². The summed E-state index contributed by atoms with van der Waals surface area (Å²) in [6.07, 6.45) is 9.17. The molecule has 0 bridgehead atoms. The first-order chi connectivity index (χ1) is 11.7. The van der Waals surface area contributed by atoms with Crippen LogP contribution in [-0.2, 0) is 9.53 Å². The summed E-state index contributed by atoms with van der Waals surface area (Å²) in [5.41, 5.74) is 0.797. The highest BCUT2D eigenvalue weighted by molar-refractivity contribution is 5.87. The Kier molecular flexibility index (Phi) is 7.16. The third-order valence-electron chi connectivity index (χ3n) is 4.08. The normalized spacial score (nSPS) is 15.0. The quantitative estimate of drug-likeness (QED) is 0.563. The number of carbonyl (C=O) groups excluding carboxylic acids is 1. The fourth-order valence-corrected chi connectivity index (χ4v) is 2.78. The maximum Gasteiger partial charge on any atom is 0.330 e. The average molecular weight is 329 g/mol. The van der Waals surface area contributed by atoms with E-state index >= 15 is 0 Å². The number of benzene rings is 1. The van der Waals surface area contributed by atoms with E-state index in [4.69, 9.17) is 19.5 Å². The molecule has 0 spiro atoms. The molecule has 128 valence electrons. The van der Waals surface area contributed by atoms with E-state index in [-0.39, 0.29) is 12.6 Å². The molecule has 1 aliphatic rings. The van der Waals surface area contributed by atoms with Gasteiger partial charge in [0.25, 0.3) is 0 Å². The van der Waals surface area contributed by atoms with E-state index in [0.717, 1.165) is 18.4 Å². The standard InChI is InChI=1S/C19H23NO4/c1-22-18-13-15(7-9-17(18)23-12-11-20)8-10-19(21)24-14-16-5-3-2-4-6-16/h7-10,13,16H,2-6,12,14H2,1H3/b10-8+. The first-order valence-corrected chi connectivity index (χ1v) is 8.25. The molecule has 1 aromatic carbocycles. The molecule has 1 aliphatic carbocycles. The fourth-order valence-electron chi connectivity index (χ4n) is 2.78. The van der Waals surface area contributed by atoms with Crippen molar-refractivity contribution in [2.24, 2.45) is 5.92 Å². The minimum Gasteiger partial charge on any atom is -0.493 e. The van der Waals surface area contributed by atoms with Crippen molar-refractivity contribution in [1.82, 2.24) is 0 Å². The summed E-state index contributed by atoms with van der Waals surface area (Å²) in [6, 6.07) is 7.16. The highest BCUT2D eigenvalue weighted by atomic mass is 16.5. The molecule has 1 aromatic rings. The van der Waals surface area contributed by atoms with Gasteiger partial charge in [-0.15, -0.1) is 0 Å². The minimum atomic E-state index is -0.329. The average Bonchev–Trinajstić information content (AvgIpc) is 2.64. The van der Waals surface area contributed by atoms with Crippen LogP contribution in [0.15, 0.2) is 24.3 Å². The Morgan fingerprint density at radius 3 is 2.79 bits per heavy atom. The second-order valence-electron chi connectivity index (χ2n) is 5.82. The van der Waals surface area contributed by atoms with Crippen molar-refractivity contribution < 1.29 is 19.0 Å². The van der Waals surface area contributed by atoms with Crippen LogP contribution in [0.4, 0.5) is 0 Å². The number of ether oxygens (including phenoxy) is 3. The third kappa shape index (κ3) is 5.62. The zero-order valence-electron chi connectivity index (χ0n) is 14.0. The molecule has 0 N–H and O–H groups in total. The Balaban J connectivity index is 1.88. The summed E-state index contributed by atoms with van der Waals surface area (Å²) in [5, 5.41) is 8.56. The molecule has 1 saturated carbocycles. The fraction of sp³-hybridized carbons (Fsp3) is 0.474. The maximum atomic E-state index is 11.8. The summed E-state index contributed by atoms with van der Waals surface area (Å²) in [7, 11) is 1.53. The predicted octanol–water partition coefficient (Wildman–Crippen LogP) is 3.73. The van der Waals surface area contributed by atoms with Gasteiger partial charge in [-0.05, 0) is 42.5 Å². The van der Waals surface area contributed by atoms with Crippen LogP contribution < -0.4 is 9.47 Å². The molecule has 0 aromatic heterocycles. The molecular formula is C19H23NO4. The molecule has 0 unspecified atom stereocenters. The summed E-state index contributed by atoms with van der Waals surface area (Å²) in [4.78, 5) is 11.8. The summed E-state index contributed by atoms with van der Waals surface area (Å²) in [5.74, 6) is 1.19. The lowest BCUT2D eigenvalue weighted by molar-refractivity contribution is -0.139. The van der Waals surface area contributed by atoms with E-state index in [2.05, 4.69) is 0 Å². The van der Waals surface area contributed by atoms with Gasteiger partial charge in [-0.25, -0.2) is 4.79 Å². The second kappa shape index (κ2) is 9.61. The number of nitrogens with zero attached hydrogens (tertiary/aromatic N) is 1. The molecule has 0 aliphatic heterocycles. The molecule has 0 atom stereocenters. The van der Waals surface area contributed by atoms with Gasteiger partial charge in [0.1, 0.15) is 6.07 Å². The summed E-state index contributed by atoms with van der Waals surface area (Å²) >= 11 is 0. The molecule has 0 radical (unpaired) electrons. The SMILES string of the molecule is COc1cc(/C=C/C(=O)OCC2CCCCC2)ccc1OCC#N. The van der Waals surface area contributed by atoms with Gasteiger partial charge in [-0.2, -0.15) is 5.26 Å². The number of rotatable bonds is 7. The van der Waals surface area contributed by atoms with Crippen LogP contribution in [0.5, 0.6) is 11.5 Å². The van der Waals surface area contributed by atoms with Crippen molar-refractivity contribution in [1.29, 1.82) is 5.26 Å². The molecular weight excluding hydrogens is 306 g/mol. The number of hydrogen-bond acceptors (Lipinski definition) is 5. The monoisotopic (exact) mass is 329 g/mol. The van der Waals surface area contributed by atoms with Crippen LogP contribution in [-0.4, -0.2) is 26.3 Å². The minimum absolute atomic E-state index is 0.0426. The van der Waals surface area contributed by atoms with E-state index in [9.17, 15) is 4.79 Å². The van der Waals surface area contributed by atoms with Crippen LogP contribution >= 0.6 is 0 Å². The summed E-state index contributed by atoms with van der Waals surface area (Å²) in [6.45, 7) is 0.465. The third-order valence-corrected chi connectivity index (χ3v) is 4.08. The summed E-state index contributed by atoms with van der Waals surface area (Å²) < 4.78 is 15.8. The molecule has 24 heavy (non-hydrogen) atoms. The first kappa shape index (κ1) is 17.9. The first-order valence-electron chi connectivity index (χ1n) is 8.25. The predicted molar refractivity (Wildman–Crippen MR) is 90.7 cm³/mol.